The zero-order valence-corrected chi connectivity index (χ0v) is 13.4. The lowest BCUT2D eigenvalue weighted by Gasteiger charge is -2.10. The minimum atomic E-state index is -0.300. The largest absolute Gasteiger partial charge is 0.454 e. The van der Waals surface area contributed by atoms with Gasteiger partial charge >= 0.3 is 0 Å². The lowest BCUT2D eigenvalue weighted by molar-refractivity contribution is 0.0977. The topological polar surface area (TPSA) is 59.6 Å². The highest BCUT2D eigenvalue weighted by Crippen LogP contribution is 2.32. The summed E-state index contributed by atoms with van der Waals surface area (Å²) in [5.74, 6) is 0.899. The van der Waals surface area contributed by atoms with Crippen molar-refractivity contribution < 1.29 is 14.3 Å². The van der Waals surface area contributed by atoms with Crippen LogP contribution in [-0.2, 0) is 6.42 Å². The molecule has 0 radical (unpaired) electrons. The van der Waals surface area contributed by atoms with Crippen LogP contribution in [0.5, 0.6) is 11.5 Å². The van der Waals surface area contributed by atoms with Gasteiger partial charge in [-0.1, -0.05) is 19.1 Å². The monoisotopic (exact) mass is 328 g/mol. The SMILES string of the molecule is CCc1ccc(NC(=S)NC(=O)c2ccc3c(c2)OCO3)cc1. The van der Waals surface area contributed by atoms with Gasteiger partial charge in [0.15, 0.2) is 16.6 Å². The lowest BCUT2D eigenvalue weighted by Crippen LogP contribution is -2.34. The molecule has 0 fully saturated rings. The molecule has 2 aromatic rings. The Morgan fingerprint density at radius 3 is 2.61 bits per heavy atom. The number of rotatable bonds is 3. The number of amides is 1. The average molecular weight is 328 g/mol. The maximum Gasteiger partial charge on any atom is 0.257 e. The van der Waals surface area contributed by atoms with Crippen LogP contribution in [0.2, 0.25) is 0 Å². The Hall–Kier alpha value is -2.60. The molecular formula is C17H16N2O3S. The van der Waals surface area contributed by atoms with Gasteiger partial charge in [0, 0.05) is 11.3 Å². The van der Waals surface area contributed by atoms with E-state index in [2.05, 4.69) is 17.6 Å². The molecule has 2 aromatic carbocycles. The summed E-state index contributed by atoms with van der Waals surface area (Å²) in [6.07, 6.45) is 0.978. The van der Waals surface area contributed by atoms with Gasteiger partial charge in [0.05, 0.1) is 0 Å². The molecule has 6 heteroatoms. The molecule has 1 aliphatic heterocycles. The molecule has 23 heavy (non-hydrogen) atoms. The highest BCUT2D eigenvalue weighted by Gasteiger charge is 2.16. The van der Waals surface area contributed by atoms with Crippen LogP contribution in [0.3, 0.4) is 0 Å². The molecule has 0 bridgehead atoms. The first kappa shape index (κ1) is 15.3. The van der Waals surface area contributed by atoms with E-state index in [-0.39, 0.29) is 17.8 Å². The number of thiocarbonyl (C=S) groups is 1. The van der Waals surface area contributed by atoms with Gasteiger partial charge in [-0.25, -0.2) is 0 Å². The number of ether oxygens (including phenoxy) is 2. The molecule has 0 unspecified atom stereocenters. The lowest BCUT2D eigenvalue weighted by atomic mass is 10.1. The first-order valence-corrected chi connectivity index (χ1v) is 7.67. The van der Waals surface area contributed by atoms with Crippen LogP contribution in [0.4, 0.5) is 5.69 Å². The smallest absolute Gasteiger partial charge is 0.257 e. The first-order chi connectivity index (χ1) is 11.2. The Morgan fingerprint density at radius 1 is 1.13 bits per heavy atom. The van der Waals surface area contributed by atoms with E-state index in [1.807, 2.05) is 24.3 Å². The van der Waals surface area contributed by atoms with Crippen molar-refractivity contribution in [3.8, 4) is 11.5 Å². The minimum Gasteiger partial charge on any atom is -0.454 e. The molecule has 5 nitrogen and oxygen atoms in total. The van der Waals surface area contributed by atoms with Gasteiger partial charge < -0.3 is 14.8 Å². The summed E-state index contributed by atoms with van der Waals surface area (Å²) < 4.78 is 10.5. The second-order valence-electron chi connectivity index (χ2n) is 5.03. The standard InChI is InChI=1S/C17H16N2O3S/c1-2-11-3-6-13(7-4-11)18-17(23)19-16(20)12-5-8-14-15(9-12)22-10-21-14/h3-9H,2,10H2,1H3,(H2,18,19,20,23). The number of fused-ring (bicyclic) bond motifs is 1. The number of carbonyl (C=O) groups is 1. The zero-order chi connectivity index (χ0) is 16.2. The molecule has 1 heterocycles. The van der Waals surface area contributed by atoms with E-state index in [1.54, 1.807) is 18.2 Å². The predicted octanol–water partition coefficient (Wildman–Crippen LogP) is 3.10. The summed E-state index contributed by atoms with van der Waals surface area (Å²) in [5.41, 5.74) is 2.53. The number of hydrogen-bond acceptors (Lipinski definition) is 4. The molecule has 0 aromatic heterocycles. The van der Waals surface area contributed by atoms with Gasteiger partial charge in [0.1, 0.15) is 0 Å². The molecule has 0 saturated carbocycles. The summed E-state index contributed by atoms with van der Waals surface area (Å²) in [4.78, 5) is 12.2. The summed E-state index contributed by atoms with van der Waals surface area (Å²) in [6, 6.07) is 12.9. The van der Waals surface area contributed by atoms with Gasteiger partial charge in [-0.15, -0.1) is 0 Å². The van der Waals surface area contributed by atoms with Crippen molar-refractivity contribution in [3.05, 3.63) is 53.6 Å². The van der Waals surface area contributed by atoms with Crippen molar-refractivity contribution >= 4 is 28.9 Å². The third kappa shape index (κ3) is 3.60. The van der Waals surface area contributed by atoms with Gasteiger partial charge in [-0.3, -0.25) is 10.1 Å². The molecule has 3 rings (SSSR count). The average Bonchev–Trinajstić information content (AvgIpc) is 3.03. The van der Waals surface area contributed by atoms with E-state index in [9.17, 15) is 4.79 Å². The molecule has 0 atom stereocenters. The van der Waals surface area contributed by atoms with Crippen molar-refractivity contribution in [2.45, 2.75) is 13.3 Å². The van der Waals surface area contributed by atoms with E-state index in [0.717, 1.165) is 12.1 Å². The van der Waals surface area contributed by atoms with Gasteiger partial charge in [-0.2, -0.15) is 0 Å². The van der Waals surface area contributed by atoms with Crippen LogP contribution in [0, 0.1) is 0 Å². The molecule has 0 spiro atoms. The highest BCUT2D eigenvalue weighted by molar-refractivity contribution is 7.80. The number of benzene rings is 2. The molecule has 2 N–H and O–H groups in total. The van der Waals surface area contributed by atoms with Crippen LogP contribution in [-0.4, -0.2) is 17.8 Å². The van der Waals surface area contributed by atoms with E-state index in [1.165, 1.54) is 5.56 Å². The maximum atomic E-state index is 12.2. The molecule has 0 saturated heterocycles. The van der Waals surface area contributed by atoms with Crippen LogP contribution < -0.4 is 20.1 Å². The first-order valence-electron chi connectivity index (χ1n) is 7.26. The Kier molecular flexibility index (Phi) is 4.43. The van der Waals surface area contributed by atoms with Crippen LogP contribution in [0.15, 0.2) is 42.5 Å². The zero-order valence-electron chi connectivity index (χ0n) is 12.6. The Morgan fingerprint density at radius 2 is 1.87 bits per heavy atom. The number of carbonyl (C=O) groups excluding carboxylic acids is 1. The molecule has 1 aliphatic rings. The van der Waals surface area contributed by atoms with Gasteiger partial charge in [-0.05, 0) is 54.5 Å². The van der Waals surface area contributed by atoms with Crippen LogP contribution in [0.25, 0.3) is 0 Å². The van der Waals surface area contributed by atoms with Crippen molar-refractivity contribution in [2.75, 3.05) is 12.1 Å². The van der Waals surface area contributed by atoms with E-state index in [0.29, 0.717) is 17.1 Å². The predicted molar refractivity (Wildman–Crippen MR) is 92.1 cm³/mol. The second-order valence-corrected chi connectivity index (χ2v) is 5.44. The summed E-state index contributed by atoms with van der Waals surface area (Å²) in [7, 11) is 0. The molecule has 118 valence electrons. The second kappa shape index (κ2) is 6.66. The molecule has 0 aliphatic carbocycles. The normalized spacial score (nSPS) is 11.9. The Balaban J connectivity index is 1.61. The Bertz CT molecular complexity index is 744. The van der Waals surface area contributed by atoms with Crippen LogP contribution >= 0.6 is 12.2 Å². The van der Waals surface area contributed by atoms with Crippen molar-refractivity contribution in [1.82, 2.24) is 5.32 Å². The number of nitrogens with one attached hydrogen (secondary N) is 2. The third-order valence-corrected chi connectivity index (χ3v) is 3.69. The van der Waals surface area contributed by atoms with E-state index in [4.69, 9.17) is 21.7 Å². The number of hydrogen-bond donors (Lipinski definition) is 2. The quantitative estimate of drug-likeness (QED) is 0.848. The van der Waals surface area contributed by atoms with Gasteiger partial charge in [0.2, 0.25) is 6.79 Å². The van der Waals surface area contributed by atoms with E-state index >= 15 is 0 Å². The fourth-order valence-electron chi connectivity index (χ4n) is 2.20. The van der Waals surface area contributed by atoms with E-state index < -0.39 is 0 Å². The summed E-state index contributed by atoms with van der Waals surface area (Å²) in [6.45, 7) is 2.27. The number of aryl methyl sites for hydroxylation is 1. The minimum absolute atomic E-state index is 0.175. The Labute approximate surface area is 139 Å². The molecule has 1 amide bonds. The summed E-state index contributed by atoms with van der Waals surface area (Å²) in [5, 5.41) is 5.89. The third-order valence-electron chi connectivity index (χ3n) is 3.48. The van der Waals surface area contributed by atoms with Crippen molar-refractivity contribution in [1.29, 1.82) is 0 Å². The van der Waals surface area contributed by atoms with Gasteiger partial charge in [0.25, 0.3) is 5.91 Å². The highest BCUT2D eigenvalue weighted by atomic mass is 32.1. The maximum absolute atomic E-state index is 12.2. The van der Waals surface area contributed by atoms with Crippen molar-refractivity contribution in [3.63, 3.8) is 0 Å². The molecular weight excluding hydrogens is 312 g/mol. The summed E-state index contributed by atoms with van der Waals surface area (Å²) >= 11 is 5.17. The fourth-order valence-corrected chi connectivity index (χ4v) is 2.41. The number of anilines is 1. The fraction of sp³-hybridized carbons (Fsp3) is 0.176. The van der Waals surface area contributed by atoms with Crippen LogP contribution in [0.1, 0.15) is 22.8 Å². The van der Waals surface area contributed by atoms with Crippen molar-refractivity contribution in [2.24, 2.45) is 0 Å².